The number of benzene rings is 5. The van der Waals surface area contributed by atoms with Crippen LogP contribution in [-0.2, 0) is 43.8 Å². The first-order chi connectivity index (χ1) is 54.7. The normalized spacial score (nSPS) is 20.8. The maximum absolute atomic E-state index is 14.5. The number of piperazine rings is 2. The smallest absolute Gasteiger partial charge is 0.391 e. The van der Waals surface area contributed by atoms with Crippen molar-refractivity contribution in [1.82, 2.24) is 44.8 Å². The number of morpholine rings is 1. The van der Waals surface area contributed by atoms with Crippen molar-refractivity contribution in [2.45, 2.75) is 188 Å². The van der Waals surface area contributed by atoms with Gasteiger partial charge in [0.15, 0.2) is 0 Å². The highest BCUT2D eigenvalue weighted by atomic mass is 35.5. The van der Waals surface area contributed by atoms with Gasteiger partial charge in [-0.05, 0) is 171 Å². The predicted molar refractivity (Wildman–Crippen MR) is 445 cm³/mol. The summed E-state index contributed by atoms with van der Waals surface area (Å²) in [5.74, 6) is -1.63. The second-order valence-corrected chi connectivity index (χ2v) is 39.3. The van der Waals surface area contributed by atoms with Gasteiger partial charge in [-0.25, -0.2) is 26.5 Å². The number of carbonyl (C=O) groups is 5. The number of aliphatic hydroxyl groups is 1. The number of rotatable bonds is 31. The number of sulfonamides is 1. The number of aromatic nitrogens is 1. The van der Waals surface area contributed by atoms with E-state index in [1.807, 2.05) is 116 Å². The van der Waals surface area contributed by atoms with Crippen molar-refractivity contribution in [3.63, 3.8) is 0 Å². The van der Waals surface area contributed by atoms with E-state index in [2.05, 4.69) is 59.6 Å². The fourth-order valence-corrected chi connectivity index (χ4v) is 20.7. The number of hydrogen-bond acceptors (Lipinski definition) is 19. The van der Waals surface area contributed by atoms with Crippen LogP contribution in [0, 0.1) is 17.8 Å². The van der Waals surface area contributed by atoms with Gasteiger partial charge in [-0.1, -0.05) is 112 Å². The first-order valence-electron chi connectivity index (χ1n) is 40.2. The number of hydrogen-bond donors (Lipinski definition) is 5. The SMILES string of the molecule is Cc1ncsc1-c1ccc([C@H](C)NC(=O)[C@@H]2C[C@@H](O)CN2C(=O)[C@@H](NC(=O)CCCCCCC(=O)N2CCN(C[C@]3(C)CCC(c4ccc(Cl)cc4)=C(CN4CCN(c5ccc(C(=O)NS(=O)(=O)c6ccc(N[C@H](CCN7CCOC8(CCC8)C7)CSc7ccccc7)c(S(=O)(=O)C(F)(F)F)c6)cc5)CC4)C3)CC2)C(C)(C)C)cc1. The number of allylic oxidation sites excluding steroid dienone is 1. The van der Waals surface area contributed by atoms with Gasteiger partial charge in [0.25, 0.3) is 25.8 Å². The van der Waals surface area contributed by atoms with E-state index in [0.29, 0.717) is 88.4 Å². The van der Waals surface area contributed by atoms with Crippen molar-refractivity contribution in [1.29, 1.82) is 0 Å². The van der Waals surface area contributed by atoms with Gasteiger partial charge >= 0.3 is 5.51 Å². The Labute approximate surface area is 688 Å². The van der Waals surface area contributed by atoms with Crippen molar-refractivity contribution in [3.05, 3.63) is 160 Å². The van der Waals surface area contributed by atoms with E-state index in [4.69, 9.17) is 16.3 Å². The number of unbranched alkanes of at least 4 members (excludes halogenated alkanes) is 3. The first kappa shape index (κ1) is 86.9. The Morgan fingerprint density at radius 3 is 2.11 bits per heavy atom. The summed E-state index contributed by atoms with van der Waals surface area (Å²) in [6.45, 7) is 21.6. The minimum Gasteiger partial charge on any atom is -0.391 e. The molecule has 0 bridgehead atoms. The Morgan fingerprint density at radius 2 is 1.46 bits per heavy atom. The number of nitrogens with zero attached hydrogens (tertiary/aromatic N) is 7. The number of alkyl halides is 3. The average molecular weight is 1680 g/mol. The number of sulfone groups is 1. The quantitative estimate of drug-likeness (QED) is 0.0200. The van der Waals surface area contributed by atoms with E-state index in [-0.39, 0.29) is 59.7 Å². The number of halogens is 4. The first-order valence-corrected chi connectivity index (χ1v) is 45.4. The van der Waals surface area contributed by atoms with Crippen LogP contribution >= 0.6 is 34.7 Å². The molecule has 4 aliphatic heterocycles. The van der Waals surface area contributed by atoms with Crippen molar-refractivity contribution >= 4 is 101 Å². The van der Waals surface area contributed by atoms with Crippen LogP contribution in [0.25, 0.3) is 16.0 Å². The van der Waals surface area contributed by atoms with E-state index >= 15 is 0 Å². The molecule has 115 heavy (non-hydrogen) atoms. The molecule has 1 saturated carbocycles. The van der Waals surface area contributed by atoms with Crippen LogP contribution in [0.15, 0.2) is 147 Å². The van der Waals surface area contributed by atoms with Crippen LogP contribution in [0.5, 0.6) is 0 Å². The number of amides is 5. The highest BCUT2D eigenvalue weighted by Crippen LogP contribution is 2.45. The lowest BCUT2D eigenvalue weighted by Gasteiger charge is -2.48. The maximum atomic E-state index is 14.5. The number of thioether (sulfide) groups is 1. The molecular formula is C85H109ClF3N11O11S4. The molecule has 6 aliphatic rings. The molecule has 1 spiro atoms. The Hall–Kier alpha value is -7.45. The monoisotopic (exact) mass is 1680 g/mol. The molecule has 6 atom stereocenters. The molecule has 5 heterocycles. The minimum atomic E-state index is -6.12. The van der Waals surface area contributed by atoms with E-state index in [0.717, 1.165) is 147 Å². The number of thiazole rings is 1. The van der Waals surface area contributed by atoms with Crippen molar-refractivity contribution in [2.24, 2.45) is 10.8 Å². The lowest BCUT2D eigenvalue weighted by atomic mass is 9.71. The van der Waals surface area contributed by atoms with E-state index in [1.54, 1.807) is 23.5 Å². The standard InChI is InChI=1S/C85H109ClF3N11O11S4/c1-58(60-19-21-62(22-20-60)77-59(2)90-57-113-77)91-80(105)73-49-68(101)53-100(73)81(106)78(82(3,4)5)93-75(102)17-12-7-8-13-18-76(103)99-45-41-97(42-46-99)55-83(6)37-33-71(61-23-27-65(86)28-24-61)64(51-83)52-95-39-43-98(44-40-95)67-29-25-63(26-30-67)79(104)94-115(109,110)70-31-32-72(74(50-70)114(107,108)85(87,88)89)92-66(54-112-69-15-10-9-11-16-69)34-38-96-47-48-111-84(56-96)35-14-36-84/h9-11,15-16,19-32,50,57-58,66,68,73,78,92,101H,7-8,12-14,17-18,33-49,51-56H2,1-6H3,(H,91,105)(H,93,102)(H,94,104)/t58-,66+,68+,73-,78+,83+/m0/s1. The van der Waals surface area contributed by atoms with Gasteiger partial charge in [-0.15, -0.1) is 23.1 Å². The van der Waals surface area contributed by atoms with Gasteiger partial charge in [0, 0.05) is 144 Å². The maximum Gasteiger partial charge on any atom is 0.501 e. The lowest BCUT2D eigenvalue weighted by Crippen LogP contribution is -2.57. The van der Waals surface area contributed by atoms with Crippen molar-refractivity contribution < 1.29 is 63.8 Å². The molecule has 5 N–H and O–H groups in total. The van der Waals surface area contributed by atoms with Crippen LogP contribution in [0.2, 0.25) is 5.02 Å². The van der Waals surface area contributed by atoms with Crippen LogP contribution in [0.4, 0.5) is 24.5 Å². The molecule has 2 aliphatic carbocycles. The lowest BCUT2D eigenvalue weighted by molar-refractivity contribution is -0.151. The Kier molecular flexibility index (Phi) is 28.4. The van der Waals surface area contributed by atoms with Crippen LogP contribution in [0.1, 0.15) is 158 Å². The van der Waals surface area contributed by atoms with Crippen LogP contribution in [0.3, 0.4) is 0 Å². The number of likely N-dealkylation sites (tertiary alicyclic amines) is 1. The zero-order chi connectivity index (χ0) is 82.0. The Morgan fingerprint density at radius 1 is 0.783 bits per heavy atom. The number of anilines is 2. The summed E-state index contributed by atoms with van der Waals surface area (Å²) in [4.78, 5) is 86.0. The second-order valence-electron chi connectivity index (χ2n) is 33.3. The van der Waals surface area contributed by atoms with E-state index in [9.17, 15) is 59.1 Å². The van der Waals surface area contributed by atoms with Gasteiger partial charge < -0.3 is 40.5 Å². The van der Waals surface area contributed by atoms with Crippen LogP contribution in [-0.4, -0.2) is 220 Å². The Bertz CT molecular complexity index is 4650. The summed E-state index contributed by atoms with van der Waals surface area (Å²) in [6.07, 6.45) is 8.76. The molecule has 0 radical (unpaired) electrons. The second kappa shape index (κ2) is 37.7. The molecule has 22 nitrogen and oxygen atoms in total. The molecular weight excluding hydrogens is 1570 g/mol. The van der Waals surface area contributed by atoms with Crippen molar-refractivity contribution in [3.8, 4) is 10.4 Å². The summed E-state index contributed by atoms with van der Waals surface area (Å²) in [7, 11) is -11.0. The average Bonchev–Trinajstić information content (AvgIpc) is 1.29. The predicted octanol–water partition coefficient (Wildman–Crippen LogP) is 13.0. The molecule has 6 aromatic rings. The topological polar surface area (TPSA) is 264 Å². The summed E-state index contributed by atoms with van der Waals surface area (Å²) < 4.78 is 106. The van der Waals surface area contributed by atoms with E-state index in [1.165, 1.54) is 39.9 Å². The number of aryl methyl sites for hydroxylation is 1. The van der Waals surface area contributed by atoms with Crippen LogP contribution < -0.4 is 25.6 Å². The molecule has 622 valence electrons. The van der Waals surface area contributed by atoms with Crippen molar-refractivity contribution in [2.75, 3.05) is 114 Å². The number of ether oxygens (including phenoxy) is 1. The molecule has 4 saturated heterocycles. The molecule has 5 aromatic carbocycles. The zero-order valence-corrected chi connectivity index (χ0v) is 70.6. The van der Waals surface area contributed by atoms with Gasteiger partial charge in [-0.2, -0.15) is 13.2 Å². The third kappa shape index (κ3) is 22.3. The number of nitrogens with one attached hydrogen (secondary N) is 4. The third-order valence-corrected chi connectivity index (χ3v) is 28.7. The highest BCUT2D eigenvalue weighted by molar-refractivity contribution is 7.99. The molecule has 30 heteroatoms. The molecule has 5 fully saturated rings. The van der Waals surface area contributed by atoms with Gasteiger partial charge in [0.1, 0.15) is 17.0 Å². The Balaban J connectivity index is 0.584. The molecule has 0 unspecified atom stereocenters. The summed E-state index contributed by atoms with van der Waals surface area (Å²) in [6, 6.07) is 31.5. The van der Waals surface area contributed by atoms with E-state index < -0.39 is 82.3 Å². The minimum absolute atomic E-state index is 0.0208. The molecule has 5 amide bonds. The van der Waals surface area contributed by atoms with Gasteiger partial charge in [-0.3, -0.25) is 38.7 Å². The van der Waals surface area contributed by atoms with Gasteiger partial charge in [0.2, 0.25) is 23.6 Å². The summed E-state index contributed by atoms with van der Waals surface area (Å²) in [5.41, 5.74) is 2.19. The number of aliphatic hydroxyl groups excluding tert-OH is 1. The highest BCUT2D eigenvalue weighted by Gasteiger charge is 2.50. The fourth-order valence-electron chi connectivity index (χ4n) is 16.7. The summed E-state index contributed by atoms with van der Waals surface area (Å²) in [5, 5.41) is 20.5. The molecule has 1 aromatic heterocycles. The summed E-state index contributed by atoms with van der Waals surface area (Å²) >= 11 is 9.43. The van der Waals surface area contributed by atoms with Gasteiger partial charge in [0.05, 0.1) is 51.0 Å². The molecule has 12 rings (SSSR count). The third-order valence-electron chi connectivity index (χ3n) is 23.5. The largest absolute Gasteiger partial charge is 0.501 e. The number of carbonyl (C=O) groups excluding carboxylic acids is 5. The fraction of sp³-hybridized carbons (Fsp3) is 0.529. The zero-order valence-electron chi connectivity index (χ0n) is 66.5. The number of β-amino-alcohol motifs (C(OH)–C–C–N with tert-alkyl or cyclic N) is 1.